The zero-order valence-electron chi connectivity index (χ0n) is 14.6. The third-order valence-electron chi connectivity index (χ3n) is 4.22. The maximum Gasteiger partial charge on any atom is 0.224 e. The second-order valence-corrected chi connectivity index (χ2v) is 7.31. The highest BCUT2D eigenvalue weighted by Crippen LogP contribution is 2.30. The molecule has 0 spiro atoms. The number of amides is 1. The van der Waals surface area contributed by atoms with E-state index in [-0.39, 0.29) is 5.91 Å². The molecule has 3 nitrogen and oxygen atoms in total. The Hall–Kier alpha value is -2.20. The maximum absolute atomic E-state index is 12.0. The molecule has 3 aromatic rings. The standard InChI is InChI=1S/C21H24N2OS/c1-2-3-4-5-6-11-20(24)22-17-14-12-16(13-15-17)21-23-18-9-7-8-10-19(18)25-21/h7-10,12-15H,2-6,11H2,1H3,(H,22,24). The van der Waals surface area contributed by atoms with Gasteiger partial charge in [-0.25, -0.2) is 4.98 Å². The smallest absolute Gasteiger partial charge is 0.224 e. The first-order valence-electron chi connectivity index (χ1n) is 9.02. The largest absolute Gasteiger partial charge is 0.326 e. The van der Waals surface area contributed by atoms with Gasteiger partial charge in [0.25, 0.3) is 0 Å². The predicted molar refractivity (Wildman–Crippen MR) is 107 cm³/mol. The van der Waals surface area contributed by atoms with Crippen LogP contribution in [0.15, 0.2) is 48.5 Å². The first kappa shape index (κ1) is 17.6. The Kier molecular flexibility index (Phi) is 6.18. The maximum atomic E-state index is 12.0. The molecule has 0 aliphatic rings. The number of thiazole rings is 1. The number of nitrogens with one attached hydrogen (secondary N) is 1. The van der Waals surface area contributed by atoms with Crippen molar-refractivity contribution in [3.63, 3.8) is 0 Å². The number of aromatic nitrogens is 1. The first-order valence-corrected chi connectivity index (χ1v) is 9.84. The van der Waals surface area contributed by atoms with Gasteiger partial charge in [-0.1, -0.05) is 44.7 Å². The second-order valence-electron chi connectivity index (χ2n) is 6.28. The zero-order valence-corrected chi connectivity index (χ0v) is 15.4. The van der Waals surface area contributed by atoms with E-state index in [0.29, 0.717) is 6.42 Å². The van der Waals surface area contributed by atoms with Gasteiger partial charge in [-0.3, -0.25) is 4.79 Å². The summed E-state index contributed by atoms with van der Waals surface area (Å²) < 4.78 is 1.19. The average Bonchev–Trinajstić information content (AvgIpc) is 3.06. The molecule has 4 heteroatoms. The van der Waals surface area contributed by atoms with Crippen LogP contribution in [0.25, 0.3) is 20.8 Å². The fourth-order valence-corrected chi connectivity index (χ4v) is 3.78. The van der Waals surface area contributed by atoms with Crippen LogP contribution in [-0.2, 0) is 4.79 Å². The Morgan fingerprint density at radius 1 is 1.00 bits per heavy atom. The number of benzene rings is 2. The SMILES string of the molecule is CCCCCCCC(=O)Nc1ccc(-c2nc3ccccc3s2)cc1. The molecule has 0 aliphatic heterocycles. The summed E-state index contributed by atoms with van der Waals surface area (Å²) in [6.45, 7) is 2.20. The Morgan fingerprint density at radius 3 is 2.52 bits per heavy atom. The summed E-state index contributed by atoms with van der Waals surface area (Å²) in [4.78, 5) is 16.7. The molecule has 3 rings (SSSR count). The van der Waals surface area contributed by atoms with Crippen LogP contribution < -0.4 is 5.32 Å². The lowest BCUT2D eigenvalue weighted by atomic mass is 10.1. The normalized spacial score (nSPS) is 10.9. The summed E-state index contributed by atoms with van der Waals surface area (Å²) in [6, 6.07) is 16.1. The van der Waals surface area contributed by atoms with Crippen LogP contribution in [0.3, 0.4) is 0 Å². The summed E-state index contributed by atoms with van der Waals surface area (Å²) in [5.41, 5.74) is 2.96. The van der Waals surface area contributed by atoms with Gasteiger partial charge in [0.05, 0.1) is 10.2 Å². The van der Waals surface area contributed by atoms with Gasteiger partial charge in [0, 0.05) is 17.7 Å². The van der Waals surface area contributed by atoms with Crippen LogP contribution >= 0.6 is 11.3 Å². The van der Waals surface area contributed by atoms with Crippen molar-refractivity contribution in [2.24, 2.45) is 0 Å². The van der Waals surface area contributed by atoms with Crippen molar-refractivity contribution < 1.29 is 4.79 Å². The van der Waals surface area contributed by atoms with Crippen LogP contribution in [0.5, 0.6) is 0 Å². The predicted octanol–water partition coefficient (Wildman–Crippen LogP) is 6.26. The summed E-state index contributed by atoms with van der Waals surface area (Å²) in [6.07, 6.45) is 6.42. The van der Waals surface area contributed by atoms with E-state index in [0.717, 1.165) is 34.6 Å². The lowest BCUT2D eigenvalue weighted by molar-refractivity contribution is -0.116. The molecule has 0 fully saturated rings. The van der Waals surface area contributed by atoms with E-state index in [9.17, 15) is 4.79 Å². The molecule has 0 saturated heterocycles. The van der Waals surface area contributed by atoms with Gasteiger partial charge >= 0.3 is 0 Å². The fourth-order valence-electron chi connectivity index (χ4n) is 2.80. The van der Waals surface area contributed by atoms with Gasteiger partial charge in [-0.05, 0) is 42.8 Å². The van der Waals surface area contributed by atoms with E-state index in [1.165, 1.54) is 24.0 Å². The molecule has 0 atom stereocenters. The van der Waals surface area contributed by atoms with Crippen molar-refractivity contribution >= 4 is 33.1 Å². The molecule has 0 unspecified atom stereocenters. The molecule has 130 valence electrons. The summed E-state index contributed by atoms with van der Waals surface area (Å²) in [5.74, 6) is 0.101. The van der Waals surface area contributed by atoms with E-state index in [1.807, 2.05) is 42.5 Å². The van der Waals surface area contributed by atoms with Gasteiger partial charge < -0.3 is 5.32 Å². The molecule has 25 heavy (non-hydrogen) atoms. The van der Waals surface area contributed by atoms with Gasteiger partial charge in [-0.15, -0.1) is 11.3 Å². The van der Waals surface area contributed by atoms with Crippen molar-refractivity contribution in [1.82, 2.24) is 4.98 Å². The molecular weight excluding hydrogens is 328 g/mol. The Morgan fingerprint density at radius 2 is 1.76 bits per heavy atom. The Labute approximate surface area is 153 Å². The minimum absolute atomic E-state index is 0.101. The van der Waals surface area contributed by atoms with Crippen LogP contribution in [-0.4, -0.2) is 10.9 Å². The van der Waals surface area contributed by atoms with E-state index < -0.39 is 0 Å². The first-order chi connectivity index (χ1) is 12.3. The van der Waals surface area contributed by atoms with E-state index in [4.69, 9.17) is 0 Å². The highest BCUT2D eigenvalue weighted by atomic mass is 32.1. The molecule has 1 heterocycles. The number of fused-ring (bicyclic) bond motifs is 1. The third kappa shape index (κ3) is 4.89. The Balaban J connectivity index is 1.56. The third-order valence-corrected chi connectivity index (χ3v) is 5.30. The number of nitrogens with zero attached hydrogens (tertiary/aromatic N) is 1. The molecule has 0 bridgehead atoms. The number of unbranched alkanes of at least 4 members (excludes halogenated alkanes) is 4. The van der Waals surface area contributed by atoms with Crippen LogP contribution in [0.1, 0.15) is 45.4 Å². The lowest BCUT2D eigenvalue weighted by Crippen LogP contribution is -2.10. The quantitative estimate of drug-likeness (QED) is 0.486. The fraction of sp³-hybridized carbons (Fsp3) is 0.333. The molecule has 1 aromatic heterocycles. The van der Waals surface area contributed by atoms with Crippen molar-refractivity contribution in [3.8, 4) is 10.6 Å². The highest BCUT2D eigenvalue weighted by molar-refractivity contribution is 7.21. The molecule has 1 N–H and O–H groups in total. The molecule has 1 amide bonds. The highest BCUT2D eigenvalue weighted by Gasteiger charge is 2.07. The van der Waals surface area contributed by atoms with Gasteiger partial charge in [0.2, 0.25) is 5.91 Å². The number of carbonyl (C=O) groups is 1. The van der Waals surface area contributed by atoms with Crippen molar-refractivity contribution in [2.45, 2.75) is 45.4 Å². The molecule has 0 radical (unpaired) electrons. The number of hydrogen-bond acceptors (Lipinski definition) is 3. The van der Waals surface area contributed by atoms with Crippen molar-refractivity contribution in [3.05, 3.63) is 48.5 Å². The Bertz CT molecular complexity index is 790. The van der Waals surface area contributed by atoms with E-state index in [1.54, 1.807) is 11.3 Å². The minimum Gasteiger partial charge on any atom is -0.326 e. The van der Waals surface area contributed by atoms with Crippen LogP contribution in [0, 0.1) is 0 Å². The molecule has 2 aromatic carbocycles. The van der Waals surface area contributed by atoms with Crippen molar-refractivity contribution in [1.29, 1.82) is 0 Å². The molecule has 0 aliphatic carbocycles. The zero-order chi connectivity index (χ0) is 17.5. The number of para-hydroxylation sites is 1. The van der Waals surface area contributed by atoms with Gasteiger partial charge in [0.1, 0.15) is 5.01 Å². The summed E-state index contributed by atoms with van der Waals surface area (Å²) >= 11 is 1.69. The monoisotopic (exact) mass is 352 g/mol. The average molecular weight is 353 g/mol. The van der Waals surface area contributed by atoms with E-state index in [2.05, 4.69) is 23.3 Å². The number of hydrogen-bond donors (Lipinski definition) is 1. The van der Waals surface area contributed by atoms with Gasteiger partial charge in [-0.2, -0.15) is 0 Å². The summed E-state index contributed by atoms with van der Waals surface area (Å²) in [5, 5.41) is 3.99. The lowest BCUT2D eigenvalue weighted by Gasteiger charge is -2.06. The topological polar surface area (TPSA) is 42.0 Å². The number of carbonyl (C=O) groups excluding carboxylic acids is 1. The minimum atomic E-state index is 0.101. The summed E-state index contributed by atoms with van der Waals surface area (Å²) in [7, 11) is 0. The van der Waals surface area contributed by atoms with Crippen LogP contribution in [0.4, 0.5) is 5.69 Å². The van der Waals surface area contributed by atoms with Crippen LogP contribution in [0.2, 0.25) is 0 Å². The van der Waals surface area contributed by atoms with E-state index >= 15 is 0 Å². The number of anilines is 1. The number of rotatable bonds is 8. The molecule has 0 saturated carbocycles. The van der Waals surface area contributed by atoms with Gasteiger partial charge in [0.15, 0.2) is 0 Å². The second kappa shape index (κ2) is 8.77. The van der Waals surface area contributed by atoms with Crippen molar-refractivity contribution in [2.75, 3.05) is 5.32 Å². The molecular formula is C21H24N2OS.